The Kier molecular flexibility index (Phi) is 5.92. The van der Waals surface area contributed by atoms with Crippen LogP contribution in [-0.4, -0.2) is 30.3 Å². The van der Waals surface area contributed by atoms with Gasteiger partial charge in [-0.25, -0.2) is 5.43 Å². The summed E-state index contributed by atoms with van der Waals surface area (Å²) in [6, 6.07) is 11.1. The standard InChI is InChI=1S/C16H18N4O2/c1-2-22-15-7-5-14(6-8-15)18-12-16(21)20-19-11-13-4-3-9-17-10-13/h3-11,18H,2,12H2,1H3,(H,20,21). The predicted octanol–water partition coefficient (Wildman–Crippen LogP) is 2.04. The van der Waals surface area contributed by atoms with E-state index in [2.05, 4.69) is 20.8 Å². The second-order valence-electron chi connectivity index (χ2n) is 4.39. The molecule has 0 saturated heterocycles. The molecule has 6 heteroatoms. The van der Waals surface area contributed by atoms with Crippen LogP contribution in [0.15, 0.2) is 53.9 Å². The Morgan fingerprint density at radius 2 is 2.14 bits per heavy atom. The molecule has 114 valence electrons. The van der Waals surface area contributed by atoms with Gasteiger partial charge in [0, 0.05) is 23.6 Å². The second kappa shape index (κ2) is 8.41. The number of ether oxygens (including phenoxy) is 1. The summed E-state index contributed by atoms with van der Waals surface area (Å²) in [6.07, 6.45) is 4.88. The van der Waals surface area contributed by atoms with E-state index in [1.54, 1.807) is 24.7 Å². The molecule has 6 nitrogen and oxygen atoms in total. The first-order chi connectivity index (χ1) is 10.8. The number of hydrogen-bond donors (Lipinski definition) is 2. The van der Waals surface area contributed by atoms with Crippen LogP contribution in [0.4, 0.5) is 5.69 Å². The number of carbonyl (C=O) groups is 1. The molecule has 1 heterocycles. The van der Waals surface area contributed by atoms with Gasteiger partial charge < -0.3 is 10.1 Å². The van der Waals surface area contributed by atoms with Gasteiger partial charge in [-0.2, -0.15) is 5.10 Å². The number of pyridine rings is 1. The van der Waals surface area contributed by atoms with Crippen LogP contribution in [0.5, 0.6) is 5.75 Å². The summed E-state index contributed by atoms with van der Waals surface area (Å²) in [7, 11) is 0. The number of hydrazone groups is 1. The van der Waals surface area contributed by atoms with E-state index < -0.39 is 0 Å². The molecule has 1 amide bonds. The SMILES string of the molecule is CCOc1ccc(NCC(=O)NN=Cc2cccnc2)cc1. The quantitative estimate of drug-likeness (QED) is 0.606. The van der Waals surface area contributed by atoms with Crippen LogP contribution in [0.1, 0.15) is 12.5 Å². The third-order valence-corrected chi connectivity index (χ3v) is 2.71. The van der Waals surface area contributed by atoms with Gasteiger partial charge in [0.25, 0.3) is 5.91 Å². The third-order valence-electron chi connectivity index (χ3n) is 2.71. The lowest BCUT2D eigenvalue weighted by Gasteiger charge is -2.07. The predicted molar refractivity (Wildman–Crippen MR) is 86.1 cm³/mol. The minimum atomic E-state index is -0.228. The Balaban J connectivity index is 1.74. The molecule has 1 aromatic heterocycles. The zero-order valence-corrected chi connectivity index (χ0v) is 12.3. The average molecular weight is 298 g/mol. The molecule has 0 bridgehead atoms. The Morgan fingerprint density at radius 1 is 1.32 bits per heavy atom. The number of amides is 1. The van der Waals surface area contributed by atoms with Crippen molar-refractivity contribution >= 4 is 17.8 Å². The number of nitrogens with zero attached hydrogens (tertiary/aromatic N) is 2. The van der Waals surface area contributed by atoms with E-state index in [0.29, 0.717) is 6.61 Å². The van der Waals surface area contributed by atoms with Crippen LogP contribution in [0.3, 0.4) is 0 Å². The maximum absolute atomic E-state index is 11.6. The van der Waals surface area contributed by atoms with Crippen LogP contribution < -0.4 is 15.5 Å². The number of hydrogen-bond acceptors (Lipinski definition) is 5. The van der Waals surface area contributed by atoms with Crippen LogP contribution in [0.2, 0.25) is 0 Å². The van der Waals surface area contributed by atoms with Gasteiger partial charge in [-0.3, -0.25) is 9.78 Å². The van der Waals surface area contributed by atoms with E-state index in [4.69, 9.17) is 4.74 Å². The van der Waals surface area contributed by atoms with Crippen LogP contribution in [0.25, 0.3) is 0 Å². The Morgan fingerprint density at radius 3 is 2.82 bits per heavy atom. The van der Waals surface area contributed by atoms with Crippen molar-refractivity contribution in [3.8, 4) is 5.75 Å². The molecule has 1 aromatic carbocycles. The molecule has 0 atom stereocenters. The largest absolute Gasteiger partial charge is 0.494 e. The van der Waals surface area contributed by atoms with E-state index in [1.165, 1.54) is 0 Å². The van der Waals surface area contributed by atoms with Crippen molar-refractivity contribution in [1.82, 2.24) is 10.4 Å². The molecule has 0 aliphatic carbocycles. The average Bonchev–Trinajstić information content (AvgIpc) is 2.55. The molecule has 0 spiro atoms. The van der Waals surface area contributed by atoms with Crippen molar-refractivity contribution in [3.63, 3.8) is 0 Å². The van der Waals surface area contributed by atoms with Gasteiger partial charge in [-0.1, -0.05) is 6.07 Å². The fourth-order valence-corrected chi connectivity index (χ4v) is 1.69. The monoisotopic (exact) mass is 298 g/mol. The van der Waals surface area contributed by atoms with Crippen molar-refractivity contribution in [2.24, 2.45) is 5.10 Å². The minimum absolute atomic E-state index is 0.137. The molecular formula is C16H18N4O2. The molecule has 0 aliphatic rings. The zero-order chi connectivity index (χ0) is 15.6. The Bertz CT molecular complexity index is 612. The maximum Gasteiger partial charge on any atom is 0.259 e. The molecule has 0 fully saturated rings. The third kappa shape index (κ3) is 5.24. The number of carbonyl (C=O) groups excluding carboxylic acids is 1. The smallest absolute Gasteiger partial charge is 0.259 e. The highest BCUT2D eigenvalue weighted by molar-refractivity contribution is 5.84. The molecule has 22 heavy (non-hydrogen) atoms. The molecule has 2 N–H and O–H groups in total. The number of aromatic nitrogens is 1. The lowest BCUT2D eigenvalue weighted by molar-refractivity contribution is -0.119. The van der Waals surface area contributed by atoms with Crippen LogP contribution >= 0.6 is 0 Å². The van der Waals surface area contributed by atoms with Gasteiger partial charge in [-0.15, -0.1) is 0 Å². The van der Waals surface area contributed by atoms with E-state index in [-0.39, 0.29) is 12.5 Å². The minimum Gasteiger partial charge on any atom is -0.494 e. The summed E-state index contributed by atoms with van der Waals surface area (Å²) in [5.74, 6) is 0.576. The summed E-state index contributed by atoms with van der Waals surface area (Å²) < 4.78 is 5.35. The zero-order valence-electron chi connectivity index (χ0n) is 12.3. The molecule has 2 rings (SSSR count). The van der Waals surface area contributed by atoms with E-state index in [9.17, 15) is 4.79 Å². The molecular weight excluding hydrogens is 280 g/mol. The molecule has 0 aliphatic heterocycles. The maximum atomic E-state index is 11.6. The summed E-state index contributed by atoms with van der Waals surface area (Å²) in [4.78, 5) is 15.6. The van der Waals surface area contributed by atoms with Crippen molar-refractivity contribution in [2.75, 3.05) is 18.5 Å². The van der Waals surface area contributed by atoms with Crippen molar-refractivity contribution in [1.29, 1.82) is 0 Å². The van der Waals surface area contributed by atoms with Crippen molar-refractivity contribution in [2.45, 2.75) is 6.92 Å². The van der Waals surface area contributed by atoms with Gasteiger partial charge in [0.2, 0.25) is 0 Å². The Labute approximate surface area is 129 Å². The lowest BCUT2D eigenvalue weighted by Crippen LogP contribution is -2.25. The van der Waals surface area contributed by atoms with Gasteiger partial charge >= 0.3 is 0 Å². The number of anilines is 1. The highest BCUT2D eigenvalue weighted by Gasteiger charge is 2.00. The molecule has 0 unspecified atom stereocenters. The summed E-state index contributed by atoms with van der Waals surface area (Å²) in [5.41, 5.74) is 4.11. The first kappa shape index (κ1) is 15.5. The fraction of sp³-hybridized carbons (Fsp3) is 0.188. The van der Waals surface area contributed by atoms with Crippen LogP contribution in [0, 0.1) is 0 Å². The normalized spacial score (nSPS) is 10.4. The first-order valence-corrected chi connectivity index (χ1v) is 6.96. The summed E-state index contributed by atoms with van der Waals surface area (Å²) in [5, 5.41) is 6.88. The van der Waals surface area contributed by atoms with E-state index >= 15 is 0 Å². The van der Waals surface area contributed by atoms with Crippen molar-refractivity contribution in [3.05, 3.63) is 54.4 Å². The van der Waals surface area contributed by atoms with Crippen molar-refractivity contribution < 1.29 is 9.53 Å². The molecule has 0 saturated carbocycles. The topological polar surface area (TPSA) is 75.6 Å². The van der Waals surface area contributed by atoms with Gasteiger partial charge in [0.05, 0.1) is 19.4 Å². The number of nitrogens with one attached hydrogen (secondary N) is 2. The fourth-order valence-electron chi connectivity index (χ4n) is 1.69. The van der Waals surface area contributed by atoms with Crippen LogP contribution in [-0.2, 0) is 4.79 Å². The summed E-state index contributed by atoms with van der Waals surface area (Å²) in [6.45, 7) is 2.70. The molecule has 2 aromatic rings. The van der Waals surface area contributed by atoms with E-state index in [1.807, 2.05) is 37.3 Å². The summed E-state index contributed by atoms with van der Waals surface area (Å²) >= 11 is 0. The number of rotatable bonds is 7. The second-order valence-corrected chi connectivity index (χ2v) is 4.39. The highest BCUT2D eigenvalue weighted by Crippen LogP contribution is 2.15. The lowest BCUT2D eigenvalue weighted by atomic mass is 10.3. The highest BCUT2D eigenvalue weighted by atomic mass is 16.5. The Hall–Kier alpha value is -2.89. The van der Waals surface area contributed by atoms with Gasteiger partial charge in [0.1, 0.15) is 5.75 Å². The van der Waals surface area contributed by atoms with E-state index in [0.717, 1.165) is 17.0 Å². The first-order valence-electron chi connectivity index (χ1n) is 6.96. The van der Waals surface area contributed by atoms with Gasteiger partial charge in [-0.05, 0) is 37.3 Å². The van der Waals surface area contributed by atoms with Gasteiger partial charge in [0.15, 0.2) is 0 Å². The number of benzene rings is 1. The molecule has 0 radical (unpaired) electrons.